The van der Waals surface area contributed by atoms with E-state index in [1.807, 2.05) is 0 Å². The monoisotopic (exact) mass is 428 g/mol. The third kappa shape index (κ3) is 3.77. The summed E-state index contributed by atoms with van der Waals surface area (Å²) in [6.45, 7) is 19.8. The van der Waals surface area contributed by atoms with Crippen molar-refractivity contribution in [1.29, 1.82) is 0 Å². The minimum absolute atomic E-state index is 0.0526. The zero-order valence-electron chi connectivity index (χ0n) is 22.0. The second-order valence-corrected chi connectivity index (χ2v) is 13.6. The molecule has 4 fully saturated rings. The predicted octanol–water partition coefficient (Wildman–Crippen LogP) is 8.13. The number of hydrogen-bond donors (Lipinski definition) is 1. The molecule has 1 heteroatoms. The van der Waals surface area contributed by atoms with Crippen LogP contribution in [0.1, 0.15) is 107 Å². The lowest BCUT2D eigenvalue weighted by molar-refractivity contribution is -0.148. The average Bonchev–Trinajstić information content (AvgIpc) is 3.07. The van der Waals surface area contributed by atoms with E-state index < -0.39 is 0 Å². The molecule has 0 radical (unpaired) electrons. The van der Waals surface area contributed by atoms with Gasteiger partial charge in [-0.15, -0.1) is 0 Å². The fourth-order valence-electron chi connectivity index (χ4n) is 9.65. The molecule has 0 bridgehead atoms. The highest BCUT2D eigenvalue weighted by Gasteiger charge is 2.61. The van der Waals surface area contributed by atoms with Crippen LogP contribution in [-0.4, -0.2) is 11.2 Å². The Morgan fingerprint density at radius 1 is 0.839 bits per heavy atom. The van der Waals surface area contributed by atoms with Gasteiger partial charge in [0.1, 0.15) is 0 Å². The fraction of sp³-hybridized carbons (Fsp3) is 0.933. The first kappa shape index (κ1) is 23.8. The molecule has 31 heavy (non-hydrogen) atoms. The van der Waals surface area contributed by atoms with Crippen molar-refractivity contribution in [2.24, 2.45) is 64.1 Å². The van der Waals surface area contributed by atoms with Crippen molar-refractivity contribution in [2.45, 2.75) is 113 Å². The number of rotatable bonds is 4. The van der Waals surface area contributed by atoms with Gasteiger partial charge in [-0.05, 0) is 122 Å². The molecule has 1 N–H and O–H groups in total. The summed E-state index contributed by atoms with van der Waals surface area (Å²) in [4.78, 5) is 0. The molecule has 0 aliphatic heterocycles. The van der Waals surface area contributed by atoms with Crippen molar-refractivity contribution in [1.82, 2.24) is 0 Å². The van der Waals surface area contributed by atoms with Crippen LogP contribution in [0.5, 0.6) is 0 Å². The molecule has 0 spiro atoms. The molecule has 0 aromatic heterocycles. The molecule has 0 saturated heterocycles. The van der Waals surface area contributed by atoms with Crippen molar-refractivity contribution in [2.75, 3.05) is 0 Å². The van der Waals surface area contributed by atoms with Crippen LogP contribution in [0, 0.1) is 64.1 Å². The van der Waals surface area contributed by atoms with Gasteiger partial charge < -0.3 is 5.11 Å². The first-order chi connectivity index (χ1) is 14.5. The summed E-state index contributed by atoms with van der Waals surface area (Å²) in [6.07, 6.45) is 13.5. The van der Waals surface area contributed by atoms with Gasteiger partial charge in [0.25, 0.3) is 0 Å². The van der Waals surface area contributed by atoms with Crippen LogP contribution in [0.15, 0.2) is 11.6 Å². The standard InChI is InChI=1S/C30H52O/c1-18(2)19(3)17-20(4)21(5)24-11-12-26-23-9-10-25-22(6)28(31)14-16-30(25,8)27(23)13-15-29(24,26)7/h17-19,21-28,31H,9-16H2,1-8H3/t19-,21+,22-,23-,24+,25-,26-,27-,28-,29+,30-/m0/s1. The Kier molecular flexibility index (Phi) is 6.53. The average molecular weight is 429 g/mol. The summed E-state index contributed by atoms with van der Waals surface area (Å²) < 4.78 is 0. The number of aliphatic hydroxyl groups excluding tert-OH is 1. The molecule has 0 unspecified atom stereocenters. The van der Waals surface area contributed by atoms with Gasteiger partial charge in [-0.3, -0.25) is 0 Å². The van der Waals surface area contributed by atoms with Crippen LogP contribution in [0.25, 0.3) is 0 Å². The van der Waals surface area contributed by atoms with E-state index in [9.17, 15) is 5.11 Å². The van der Waals surface area contributed by atoms with E-state index >= 15 is 0 Å². The second kappa shape index (κ2) is 8.48. The highest BCUT2D eigenvalue weighted by molar-refractivity contribution is 5.15. The van der Waals surface area contributed by atoms with E-state index in [1.165, 1.54) is 44.9 Å². The van der Waals surface area contributed by atoms with Crippen molar-refractivity contribution in [3.8, 4) is 0 Å². The van der Waals surface area contributed by atoms with Gasteiger partial charge in [-0.25, -0.2) is 0 Å². The van der Waals surface area contributed by atoms with Crippen molar-refractivity contribution < 1.29 is 5.11 Å². The number of fused-ring (bicyclic) bond motifs is 5. The van der Waals surface area contributed by atoms with Crippen LogP contribution in [0.2, 0.25) is 0 Å². The molecule has 0 amide bonds. The smallest absolute Gasteiger partial charge is 0.0568 e. The topological polar surface area (TPSA) is 20.2 Å². The fourth-order valence-corrected chi connectivity index (χ4v) is 9.65. The Bertz CT molecular complexity index is 678. The van der Waals surface area contributed by atoms with E-state index in [2.05, 4.69) is 61.5 Å². The van der Waals surface area contributed by atoms with Crippen molar-refractivity contribution in [3.63, 3.8) is 0 Å². The molecular weight excluding hydrogens is 376 g/mol. The maximum atomic E-state index is 10.6. The number of allylic oxidation sites excluding steroid dienone is 2. The van der Waals surface area contributed by atoms with Crippen LogP contribution in [-0.2, 0) is 0 Å². The number of hydrogen-bond acceptors (Lipinski definition) is 1. The molecule has 1 nitrogen and oxygen atoms in total. The minimum atomic E-state index is -0.0526. The van der Waals surface area contributed by atoms with E-state index in [4.69, 9.17) is 0 Å². The lowest BCUT2D eigenvalue weighted by atomic mass is 9.43. The highest BCUT2D eigenvalue weighted by Crippen LogP contribution is 2.69. The Labute approximate surface area is 193 Å². The normalized spacial score (nSPS) is 49.9. The van der Waals surface area contributed by atoms with Crippen LogP contribution < -0.4 is 0 Å². The molecule has 4 aliphatic rings. The maximum absolute atomic E-state index is 10.6. The van der Waals surface area contributed by atoms with Gasteiger partial charge in [0.05, 0.1) is 6.10 Å². The molecule has 4 rings (SSSR count). The summed E-state index contributed by atoms with van der Waals surface area (Å²) >= 11 is 0. The summed E-state index contributed by atoms with van der Waals surface area (Å²) in [5.41, 5.74) is 2.68. The Balaban J connectivity index is 1.54. The maximum Gasteiger partial charge on any atom is 0.0568 e. The molecule has 4 aliphatic carbocycles. The van der Waals surface area contributed by atoms with Gasteiger partial charge in [-0.1, -0.05) is 60.1 Å². The Morgan fingerprint density at radius 2 is 1.45 bits per heavy atom. The first-order valence-electron chi connectivity index (χ1n) is 13.9. The third-order valence-corrected chi connectivity index (χ3v) is 12.1. The van der Waals surface area contributed by atoms with E-state index in [1.54, 1.807) is 5.57 Å². The van der Waals surface area contributed by atoms with Crippen LogP contribution in [0.3, 0.4) is 0 Å². The van der Waals surface area contributed by atoms with E-state index in [0.29, 0.717) is 22.7 Å². The molecule has 11 atom stereocenters. The minimum Gasteiger partial charge on any atom is -0.393 e. The van der Waals surface area contributed by atoms with Gasteiger partial charge in [0.2, 0.25) is 0 Å². The third-order valence-electron chi connectivity index (χ3n) is 12.1. The van der Waals surface area contributed by atoms with Crippen LogP contribution in [0.4, 0.5) is 0 Å². The summed E-state index contributed by atoms with van der Waals surface area (Å²) in [7, 11) is 0. The van der Waals surface area contributed by atoms with E-state index in [0.717, 1.165) is 47.8 Å². The largest absolute Gasteiger partial charge is 0.393 e. The quantitative estimate of drug-likeness (QED) is 0.448. The summed E-state index contributed by atoms with van der Waals surface area (Å²) in [6, 6.07) is 0. The molecule has 178 valence electrons. The van der Waals surface area contributed by atoms with Gasteiger partial charge in [0, 0.05) is 0 Å². The zero-order valence-corrected chi connectivity index (χ0v) is 22.0. The summed E-state index contributed by atoms with van der Waals surface area (Å²) in [5.74, 6) is 7.05. The Hall–Kier alpha value is -0.300. The van der Waals surface area contributed by atoms with Crippen molar-refractivity contribution in [3.05, 3.63) is 11.6 Å². The predicted molar refractivity (Wildman–Crippen MR) is 133 cm³/mol. The number of aliphatic hydroxyl groups is 1. The van der Waals surface area contributed by atoms with Gasteiger partial charge in [-0.2, -0.15) is 0 Å². The van der Waals surface area contributed by atoms with Crippen molar-refractivity contribution >= 4 is 0 Å². The lowest BCUT2D eigenvalue weighted by Gasteiger charge is -2.62. The van der Waals surface area contributed by atoms with Crippen LogP contribution >= 0.6 is 0 Å². The SMILES string of the molecule is CC(=C[C@H](C)C(C)C)[C@@H](C)[C@H]1CC[C@H]2[C@@H]3CC[C@H]4[C@H](C)[C@@H](O)CC[C@]4(C)[C@H]3CC[C@]12C. The van der Waals surface area contributed by atoms with Gasteiger partial charge >= 0.3 is 0 Å². The molecule has 0 aromatic rings. The van der Waals surface area contributed by atoms with Gasteiger partial charge in [0.15, 0.2) is 0 Å². The summed E-state index contributed by atoms with van der Waals surface area (Å²) in [5, 5.41) is 10.6. The lowest BCUT2D eigenvalue weighted by Crippen LogP contribution is -2.56. The molecule has 4 saturated carbocycles. The first-order valence-corrected chi connectivity index (χ1v) is 13.9. The zero-order chi connectivity index (χ0) is 22.7. The molecular formula is C30H52O. The Morgan fingerprint density at radius 3 is 2.13 bits per heavy atom. The molecule has 0 heterocycles. The molecule has 0 aromatic carbocycles. The highest BCUT2D eigenvalue weighted by atomic mass is 16.3. The van der Waals surface area contributed by atoms with E-state index in [-0.39, 0.29) is 6.10 Å². The second-order valence-electron chi connectivity index (χ2n) is 13.6.